The predicted molar refractivity (Wildman–Crippen MR) is 53.3 cm³/mol. The van der Waals surface area contributed by atoms with E-state index in [1.807, 2.05) is 0 Å². The van der Waals surface area contributed by atoms with Gasteiger partial charge < -0.3 is 5.11 Å². The number of carbonyl (C=O) groups is 2. The second-order valence-corrected chi connectivity index (χ2v) is 3.62. The molecule has 1 rings (SSSR count). The number of carboxylic acids is 1. The lowest BCUT2D eigenvalue weighted by molar-refractivity contribution is -0.136. The second kappa shape index (κ2) is 4.32. The Morgan fingerprint density at radius 2 is 2.14 bits per heavy atom. The molecule has 0 aliphatic rings. The summed E-state index contributed by atoms with van der Waals surface area (Å²) >= 11 is 3.11. The molecule has 14 heavy (non-hydrogen) atoms. The quantitative estimate of drug-likeness (QED) is 0.661. The van der Waals surface area contributed by atoms with Crippen LogP contribution in [0.2, 0.25) is 0 Å². The number of hydrogen-bond acceptors (Lipinski definition) is 3. The summed E-state index contributed by atoms with van der Waals surface area (Å²) < 4.78 is 0.474. The lowest BCUT2D eigenvalue weighted by Crippen LogP contribution is -2.04. The van der Waals surface area contributed by atoms with E-state index in [1.54, 1.807) is 6.07 Å². The van der Waals surface area contributed by atoms with Gasteiger partial charge in [0.25, 0.3) is 0 Å². The summed E-state index contributed by atoms with van der Waals surface area (Å²) in [6.45, 7) is 1.39. The summed E-state index contributed by atoms with van der Waals surface area (Å²) in [6, 6.07) is 3.07. The summed E-state index contributed by atoms with van der Waals surface area (Å²) in [4.78, 5) is 25.4. The third-order valence-corrected chi connectivity index (χ3v) is 1.98. The highest BCUT2D eigenvalue weighted by Crippen LogP contribution is 2.12. The van der Waals surface area contributed by atoms with Crippen LogP contribution in [0.5, 0.6) is 0 Å². The number of ketones is 1. The van der Waals surface area contributed by atoms with Crippen LogP contribution >= 0.6 is 15.9 Å². The van der Waals surface area contributed by atoms with Crippen molar-refractivity contribution in [3.63, 3.8) is 0 Å². The molecule has 0 radical (unpaired) electrons. The van der Waals surface area contributed by atoms with Gasteiger partial charge in [-0.3, -0.25) is 9.59 Å². The highest BCUT2D eigenvalue weighted by Gasteiger charge is 2.07. The molecule has 74 valence electrons. The fraction of sp³-hybridized carbons (Fsp3) is 0.222. The van der Waals surface area contributed by atoms with Crippen molar-refractivity contribution in [2.75, 3.05) is 0 Å². The van der Waals surface area contributed by atoms with Crippen LogP contribution in [0.15, 0.2) is 16.7 Å². The van der Waals surface area contributed by atoms with Crippen molar-refractivity contribution >= 4 is 27.7 Å². The average molecular weight is 258 g/mol. The van der Waals surface area contributed by atoms with Gasteiger partial charge in [-0.05, 0) is 33.6 Å². The summed E-state index contributed by atoms with van der Waals surface area (Å²) in [5.74, 6) is -1.12. The first-order valence-electron chi connectivity index (χ1n) is 3.88. The number of aromatic nitrogens is 1. The van der Waals surface area contributed by atoms with Gasteiger partial charge in [-0.25, -0.2) is 4.98 Å². The third kappa shape index (κ3) is 2.92. The Hall–Kier alpha value is -1.23. The maximum absolute atomic E-state index is 11.0. The molecule has 0 atom stereocenters. The zero-order valence-corrected chi connectivity index (χ0v) is 9.04. The fourth-order valence-corrected chi connectivity index (χ4v) is 1.49. The van der Waals surface area contributed by atoms with E-state index in [4.69, 9.17) is 5.11 Å². The molecule has 0 aliphatic carbocycles. The van der Waals surface area contributed by atoms with E-state index in [0.717, 1.165) is 0 Å². The molecule has 5 heteroatoms. The van der Waals surface area contributed by atoms with Crippen molar-refractivity contribution in [2.24, 2.45) is 0 Å². The Morgan fingerprint density at radius 1 is 1.50 bits per heavy atom. The molecule has 1 heterocycles. The van der Waals surface area contributed by atoms with Gasteiger partial charge in [0.05, 0.1) is 6.42 Å². The molecular weight excluding hydrogens is 250 g/mol. The van der Waals surface area contributed by atoms with E-state index in [-0.39, 0.29) is 17.9 Å². The first kappa shape index (κ1) is 10.8. The Balaban J connectivity index is 3.07. The number of carbonyl (C=O) groups excluding carboxylic acids is 1. The van der Waals surface area contributed by atoms with Crippen molar-refractivity contribution in [2.45, 2.75) is 13.3 Å². The van der Waals surface area contributed by atoms with E-state index < -0.39 is 5.97 Å². The summed E-state index contributed by atoms with van der Waals surface area (Å²) in [5, 5.41) is 8.57. The molecule has 0 saturated heterocycles. The minimum atomic E-state index is -0.933. The lowest BCUT2D eigenvalue weighted by Gasteiger charge is -2.01. The van der Waals surface area contributed by atoms with Gasteiger partial charge in [-0.1, -0.05) is 0 Å². The van der Waals surface area contributed by atoms with Crippen LogP contribution in [0.3, 0.4) is 0 Å². The SMILES string of the molecule is CC(=O)c1cc(CC(=O)O)cc(Br)n1. The maximum Gasteiger partial charge on any atom is 0.307 e. The van der Waals surface area contributed by atoms with Gasteiger partial charge in [-0.15, -0.1) is 0 Å². The molecule has 0 fully saturated rings. The monoisotopic (exact) mass is 257 g/mol. The molecule has 1 N–H and O–H groups in total. The molecule has 0 spiro atoms. The van der Waals surface area contributed by atoms with Crippen LogP contribution in [0.25, 0.3) is 0 Å². The van der Waals surface area contributed by atoms with Crippen molar-refractivity contribution in [3.05, 3.63) is 28.0 Å². The Bertz CT molecular complexity index is 390. The Labute approximate surface area is 89.1 Å². The van der Waals surface area contributed by atoms with Gasteiger partial charge in [0.15, 0.2) is 5.78 Å². The van der Waals surface area contributed by atoms with E-state index in [1.165, 1.54) is 13.0 Å². The average Bonchev–Trinajstić information content (AvgIpc) is 2.01. The summed E-state index contributed by atoms with van der Waals surface area (Å²) in [5.41, 5.74) is 0.834. The van der Waals surface area contributed by atoms with Crippen LogP contribution in [0, 0.1) is 0 Å². The number of nitrogens with zero attached hydrogens (tertiary/aromatic N) is 1. The Kier molecular flexibility index (Phi) is 3.35. The predicted octanol–water partition coefficient (Wildman–Crippen LogP) is 1.67. The molecule has 0 aliphatic heterocycles. The number of aliphatic carboxylic acids is 1. The standard InChI is InChI=1S/C9H8BrNO3/c1-5(12)7-2-6(4-9(13)14)3-8(10)11-7/h2-3H,4H2,1H3,(H,13,14). The van der Waals surface area contributed by atoms with Crippen molar-refractivity contribution in [1.82, 2.24) is 4.98 Å². The summed E-state index contributed by atoms with van der Waals surface area (Å²) in [6.07, 6.45) is -0.110. The number of halogens is 1. The van der Waals surface area contributed by atoms with Gasteiger partial charge in [0.1, 0.15) is 10.3 Å². The zero-order chi connectivity index (χ0) is 10.7. The first-order chi connectivity index (χ1) is 6.49. The molecule has 0 amide bonds. The molecule has 0 saturated carbocycles. The van der Waals surface area contributed by atoms with Crippen molar-refractivity contribution in [1.29, 1.82) is 0 Å². The van der Waals surface area contributed by atoms with E-state index in [0.29, 0.717) is 10.2 Å². The van der Waals surface area contributed by atoms with E-state index in [9.17, 15) is 9.59 Å². The minimum Gasteiger partial charge on any atom is -0.481 e. The maximum atomic E-state index is 11.0. The number of hydrogen-bond donors (Lipinski definition) is 1. The number of rotatable bonds is 3. The first-order valence-corrected chi connectivity index (χ1v) is 4.67. The number of carboxylic acid groups (broad SMARTS) is 1. The molecule has 1 aromatic rings. The normalized spacial score (nSPS) is 9.86. The zero-order valence-electron chi connectivity index (χ0n) is 7.45. The second-order valence-electron chi connectivity index (χ2n) is 2.81. The van der Waals surface area contributed by atoms with Crippen LogP contribution in [0.1, 0.15) is 23.0 Å². The lowest BCUT2D eigenvalue weighted by atomic mass is 10.1. The Morgan fingerprint density at radius 3 is 2.64 bits per heavy atom. The molecule has 4 nitrogen and oxygen atoms in total. The van der Waals surface area contributed by atoms with Crippen molar-refractivity contribution in [3.8, 4) is 0 Å². The molecule has 0 aromatic carbocycles. The van der Waals surface area contributed by atoms with Crippen molar-refractivity contribution < 1.29 is 14.7 Å². The summed E-state index contributed by atoms with van der Waals surface area (Å²) in [7, 11) is 0. The fourth-order valence-electron chi connectivity index (χ4n) is 1.01. The van der Waals surface area contributed by atoms with E-state index in [2.05, 4.69) is 20.9 Å². The minimum absolute atomic E-state index is 0.110. The third-order valence-electron chi connectivity index (χ3n) is 1.57. The highest BCUT2D eigenvalue weighted by molar-refractivity contribution is 9.10. The van der Waals surface area contributed by atoms with Gasteiger partial charge >= 0.3 is 5.97 Å². The molecule has 0 bridgehead atoms. The molecular formula is C9H8BrNO3. The molecule has 1 aromatic heterocycles. The number of pyridine rings is 1. The molecule has 0 unspecified atom stereocenters. The topological polar surface area (TPSA) is 67.3 Å². The highest BCUT2D eigenvalue weighted by atomic mass is 79.9. The largest absolute Gasteiger partial charge is 0.481 e. The van der Waals surface area contributed by atoms with Gasteiger partial charge in [-0.2, -0.15) is 0 Å². The van der Waals surface area contributed by atoms with Gasteiger partial charge in [0.2, 0.25) is 0 Å². The van der Waals surface area contributed by atoms with Crippen LogP contribution in [0.4, 0.5) is 0 Å². The van der Waals surface area contributed by atoms with Gasteiger partial charge in [0, 0.05) is 6.92 Å². The van der Waals surface area contributed by atoms with E-state index >= 15 is 0 Å². The van der Waals surface area contributed by atoms with Crippen LogP contribution in [-0.2, 0) is 11.2 Å². The van der Waals surface area contributed by atoms with Crippen LogP contribution in [-0.4, -0.2) is 21.8 Å². The smallest absolute Gasteiger partial charge is 0.307 e. The van der Waals surface area contributed by atoms with Crippen LogP contribution < -0.4 is 0 Å². The number of Topliss-reactive ketones (excluding diaryl/α,β-unsaturated/α-hetero) is 1.